The van der Waals surface area contributed by atoms with Gasteiger partial charge in [0.2, 0.25) is 0 Å². The molecular weight excluding hydrogens is 320 g/mol. The van der Waals surface area contributed by atoms with Gasteiger partial charge >= 0.3 is 0 Å². The van der Waals surface area contributed by atoms with E-state index in [0.717, 1.165) is 0 Å². The predicted molar refractivity (Wildman–Crippen MR) is 75.1 cm³/mol. The van der Waals surface area contributed by atoms with Crippen molar-refractivity contribution in [3.05, 3.63) is 33.9 Å². The van der Waals surface area contributed by atoms with Crippen molar-refractivity contribution < 1.29 is 4.92 Å². The van der Waals surface area contributed by atoms with Gasteiger partial charge in [-0.1, -0.05) is 33.8 Å². The zero-order valence-electron chi connectivity index (χ0n) is 9.38. The summed E-state index contributed by atoms with van der Waals surface area (Å²) in [6, 6.07) is 4.65. The van der Waals surface area contributed by atoms with E-state index in [1.807, 2.05) is 0 Å². The molecule has 18 heavy (non-hydrogen) atoms. The first kappa shape index (κ1) is 14.5. The lowest BCUT2D eigenvalue weighted by Crippen LogP contribution is -2.12. The van der Waals surface area contributed by atoms with Crippen LogP contribution in [0.15, 0.2) is 23.2 Å². The topological polar surface area (TPSA) is 91.3 Å². The summed E-state index contributed by atoms with van der Waals surface area (Å²) in [4.78, 5) is 14.6. The molecule has 0 radical (unpaired) electrons. The molecule has 0 aliphatic rings. The highest BCUT2D eigenvalue weighted by Crippen LogP contribution is 2.31. The molecule has 0 saturated heterocycles. The number of nitro groups is 1. The minimum absolute atomic E-state index is 0.00513. The number of hydrogen-bond acceptors (Lipinski definition) is 5. The monoisotopic (exact) mass is 328 g/mol. The highest BCUT2D eigenvalue weighted by Gasteiger charge is 2.16. The van der Waals surface area contributed by atoms with Gasteiger partial charge in [0.1, 0.15) is 0 Å². The normalized spacial score (nSPS) is 10.8. The summed E-state index contributed by atoms with van der Waals surface area (Å²) in [5.74, 6) is 0. The maximum atomic E-state index is 10.9. The number of alkyl halides is 1. The molecule has 0 spiro atoms. The van der Waals surface area contributed by atoms with Crippen molar-refractivity contribution in [2.75, 3.05) is 6.26 Å². The summed E-state index contributed by atoms with van der Waals surface area (Å²) in [5, 5.41) is 22.5. The van der Waals surface area contributed by atoms with Crippen LogP contribution in [0.4, 0.5) is 11.4 Å². The van der Waals surface area contributed by atoms with Gasteiger partial charge in [-0.25, -0.2) is 4.99 Å². The van der Waals surface area contributed by atoms with Crippen LogP contribution < -0.4 is 5.32 Å². The summed E-state index contributed by atoms with van der Waals surface area (Å²) < 4.78 is 0. The van der Waals surface area contributed by atoms with E-state index in [1.54, 1.807) is 24.6 Å². The first-order valence-corrected chi connectivity index (χ1v) is 7.08. The summed E-state index contributed by atoms with van der Waals surface area (Å²) in [5.41, 5.74) is 0.951. The van der Waals surface area contributed by atoms with E-state index in [4.69, 9.17) is 5.26 Å². The molecule has 0 unspecified atom stereocenters. The zero-order valence-corrected chi connectivity index (χ0v) is 11.8. The van der Waals surface area contributed by atoms with Crippen LogP contribution in [0.2, 0.25) is 0 Å². The molecule has 0 heterocycles. The molecule has 0 fully saturated rings. The van der Waals surface area contributed by atoms with Crippen molar-refractivity contribution in [3.63, 3.8) is 0 Å². The molecule has 94 valence electrons. The Balaban J connectivity index is 3.29. The molecule has 8 heteroatoms. The average molecular weight is 329 g/mol. The number of rotatable bonds is 3. The Morgan fingerprint density at radius 1 is 1.72 bits per heavy atom. The number of amidine groups is 1. The minimum atomic E-state index is -0.452. The maximum Gasteiger partial charge on any atom is 0.275 e. The van der Waals surface area contributed by atoms with Crippen molar-refractivity contribution >= 4 is 44.2 Å². The molecule has 0 bridgehead atoms. The number of hydrogen-bond donors (Lipinski definition) is 1. The number of aliphatic imine (C=N–C) groups is 1. The molecule has 0 aliphatic heterocycles. The first-order valence-electron chi connectivity index (χ1n) is 4.74. The largest absolute Gasteiger partial charge is 0.275 e. The highest BCUT2D eigenvalue weighted by molar-refractivity contribution is 9.08. The van der Waals surface area contributed by atoms with Gasteiger partial charge < -0.3 is 0 Å². The third kappa shape index (κ3) is 3.45. The molecule has 0 atom stereocenters. The van der Waals surface area contributed by atoms with Gasteiger partial charge in [-0.05, 0) is 12.3 Å². The standard InChI is InChI=1S/C10H9BrN4O2S/c1-18-10(13-6-12)14-8-3-2-4-9(15(16)17)7(8)5-11/h2-4H,5H2,1H3,(H,13,14). The van der Waals surface area contributed by atoms with E-state index in [2.05, 4.69) is 26.2 Å². The Kier molecular flexibility index (Phi) is 5.61. The predicted octanol–water partition coefficient (Wildman–Crippen LogP) is 2.91. The summed E-state index contributed by atoms with van der Waals surface area (Å²) in [7, 11) is 0. The van der Waals surface area contributed by atoms with E-state index in [9.17, 15) is 10.1 Å². The van der Waals surface area contributed by atoms with Crippen LogP contribution in [-0.4, -0.2) is 16.3 Å². The fourth-order valence-electron chi connectivity index (χ4n) is 1.26. The maximum absolute atomic E-state index is 10.9. The van der Waals surface area contributed by atoms with Crippen LogP contribution in [0.25, 0.3) is 0 Å². The number of nitriles is 1. The van der Waals surface area contributed by atoms with Gasteiger partial charge in [0.15, 0.2) is 11.4 Å². The van der Waals surface area contributed by atoms with E-state index < -0.39 is 4.92 Å². The number of nitrogens with zero attached hydrogens (tertiary/aromatic N) is 3. The SMILES string of the molecule is CSC(=Nc1cccc([N+](=O)[O-])c1CBr)NC#N. The number of thioether (sulfide) groups is 1. The Hall–Kier alpha value is -1.59. The van der Waals surface area contributed by atoms with Crippen LogP contribution in [0, 0.1) is 21.6 Å². The fourth-order valence-corrected chi connectivity index (χ4v) is 2.17. The smallest absolute Gasteiger partial charge is 0.271 e. The van der Waals surface area contributed by atoms with Crippen LogP contribution in [0.5, 0.6) is 0 Å². The van der Waals surface area contributed by atoms with Crippen molar-refractivity contribution in [2.45, 2.75) is 5.33 Å². The van der Waals surface area contributed by atoms with Crippen molar-refractivity contribution in [1.82, 2.24) is 5.32 Å². The third-order valence-electron chi connectivity index (χ3n) is 2.04. The Morgan fingerprint density at radius 2 is 2.44 bits per heavy atom. The lowest BCUT2D eigenvalue weighted by Gasteiger charge is -2.05. The van der Waals surface area contributed by atoms with Crippen molar-refractivity contribution in [2.24, 2.45) is 4.99 Å². The van der Waals surface area contributed by atoms with Crippen LogP contribution in [0.3, 0.4) is 0 Å². The van der Waals surface area contributed by atoms with Crippen molar-refractivity contribution in [3.8, 4) is 6.19 Å². The van der Waals surface area contributed by atoms with Crippen LogP contribution in [-0.2, 0) is 5.33 Å². The summed E-state index contributed by atoms with van der Waals surface area (Å²) >= 11 is 4.47. The van der Waals surface area contributed by atoms with Gasteiger partial charge in [0.25, 0.3) is 5.69 Å². The highest BCUT2D eigenvalue weighted by atomic mass is 79.9. The molecule has 0 aliphatic carbocycles. The zero-order chi connectivity index (χ0) is 13.5. The molecule has 6 nitrogen and oxygen atoms in total. The van der Waals surface area contributed by atoms with Gasteiger partial charge in [-0.2, -0.15) is 5.26 Å². The fraction of sp³-hybridized carbons (Fsp3) is 0.200. The lowest BCUT2D eigenvalue weighted by atomic mass is 10.1. The average Bonchev–Trinajstić information content (AvgIpc) is 2.37. The molecule has 0 amide bonds. The molecule has 0 aromatic heterocycles. The number of nitro benzene ring substituents is 1. The summed E-state index contributed by atoms with van der Waals surface area (Å²) in [6.07, 6.45) is 3.52. The molecule has 0 saturated carbocycles. The lowest BCUT2D eigenvalue weighted by molar-refractivity contribution is -0.385. The van der Waals surface area contributed by atoms with Gasteiger partial charge in [-0.15, -0.1) is 0 Å². The van der Waals surface area contributed by atoms with E-state index >= 15 is 0 Å². The molecule has 1 rings (SSSR count). The Bertz CT molecular complexity index is 527. The second kappa shape index (κ2) is 6.98. The van der Waals surface area contributed by atoms with Crippen molar-refractivity contribution in [1.29, 1.82) is 5.26 Å². The van der Waals surface area contributed by atoms with E-state index in [-0.39, 0.29) is 5.69 Å². The Morgan fingerprint density at radius 3 is 2.94 bits per heavy atom. The van der Waals surface area contributed by atoms with Gasteiger partial charge in [0.05, 0.1) is 16.2 Å². The second-order valence-electron chi connectivity index (χ2n) is 3.02. The number of nitrogens with one attached hydrogen (secondary N) is 1. The van der Waals surface area contributed by atoms with Crippen LogP contribution in [0.1, 0.15) is 5.56 Å². The number of benzene rings is 1. The molecule has 1 aromatic carbocycles. The van der Waals surface area contributed by atoms with E-state index in [0.29, 0.717) is 21.7 Å². The quantitative estimate of drug-likeness (QED) is 0.175. The molecule has 1 aromatic rings. The first-order chi connectivity index (χ1) is 8.63. The van der Waals surface area contributed by atoms with Crippen LogP contribution >= 0.6 is 27.7 Å². The third-order valence-corrected chi connectivity index (χ3v) is 3.18. The van der Waals surface area contributed by atoms with Gasteiger partial charge in [-0.3, -0.25) is 15.4 Å². The molecular formula is C10H9BrN4O2S. The van der Waals surface area contributed by atoms with Gasteiger partial charge in [0, 0.05) is 11.4 Å². The molecule has 1 N–H and O–H groups in total. The second-order valence-corrected chi connectivity index (χ2v) is 4.38. The van der Waals surface area contributed by atoms with E-state index in [1.165, 1.54) is 17.8 Å². The summed E-state index contributed by atoms with van der Waals surface area (Å²) in [6.45, 7) is 0. The Labute approximate surface area is 116 Å². The minimum Gasteiger partial charge on any atom is -0.271 e. The number of halogens is 1.